The van der Waals surface area contributed by atoms with Crippen LogP contribution in [0, 0.1) is 6.92 Å². The smallest absolute Gasteiger partial charge is 0.0526 e. The van der Waals surface area contributed by atoms with Gasteiger partial charge in [0.1, 0.15) is 0 Å². The molecule has 2 aromatic rings. The van der Waals surface area contributed by atoms with Crippen molar-refractivity contribution in [1.82, 2.24) is 4.57 Å². The van der Waals surface area contributed by atoms with Crippen LogP contribution in [0.4, 0.5) is 0 Å². The van der Waals surface area contributed by atoms with Gasteiger partial charge in [-0.15, -0.1) is 0 Å². The Balaban J connectivity index is 2.41. The number of hydrogen-bond donors (Lipinski definition) is 0. The van der Waals surface area contributed by atoms with E-state index in [2.05, 4.69) is 74.4 Å². The van der Waals surface area contributed by atoms with Gasteiger partial charge >= 0.3 is 0 Å². The summed E-state index contributed by atoms with van der Waals surface area (Å²) in [6.07, 6.45) is 10.8. The first-order valence-corrected chi connectivity index (χ1v) is 7.46. The molecule has 1 aliphatic rings. The Morgan fingerprint density at radius 1 is 1.19 bits per heavy atom. The van der Waals surface area contributed by atoms with E-state index in [-0.39, 0.29) is 0 Å². The van der Waals surface area contributed by atoms with E-state index >= 15 is 0 Å². The molecule has 1 aromatic heterocycles. The molecule has 2 heterocycles. The number of nitrogens with zero attached hydrogens (tertiary/aromatic N) is 1. The second-order valence-electron chi connectivity index (χ2n) is 5.41. The maximum Gasteiger partial charge on any atom is 0.0526 e. The predicted molar refractivity (Wildman–Crippen MR) is 93.3 cm³/mol. The van der Waals surface area contributed by atoms with Gasteiger partial charge in [0.2, 0.25) is 0 Å². The zero-order valence-corrected chi connectivity index (χ0v) is 13.0. The molecule has 0 bridgehead atoms. The van der Waals surface area contributed by atoms with Crippen LogP contribution in [0.25, 0.3) is 22.6 Å². The van der Waals surface area contributed by atoms with Crippen LogP contribution >= 0.6 is 0 Å². The van der Waals surface area contributed by atoms with Crippen molar-refractivity contribution in [3.8, 4) is 0 Å². The zero-order valence-electron chi connectivity index (χ0n) is 13.0. The third-order valence-electron chi connectivity index (χ3n) is 4.33. The highest BCUT2D eigenvalue weighted by atomic mass is 15.0. The highest BCUT2D eigenvalue weighted by Gasteiger charge is 2.19. The molecule has 1 aromatic carbocycles. The molecule has 0 saturated carbocycles. The molecule has 1 aliphatic heterocycles. The monoisotopic (exact) mass is 275 g/mol. The summed E-state index contributed by atoms with van der Waals surface area (Å²) >= 11 is 0. The fraction of sp³-hybridized carbons (Fsp3) is 0.200. The highest BCUT2D eigenvalue weighted by molar-refractivity contribution is 5.95. The van der Waals surface area contributed by atoms with Gasteiger partial charge in [0.15, 0.2) is 0 Å². The largest absolute Gasteiger partial charge is 0.336 e. The van der Waals surface area contributed by atoms with Crippen molar-refractivity contribution in [2.24, 2.45) is 0 Å². The van der Waals surface area contributed by atoms with E-state index in [4.69, 9.17) is 0 Å². The summed E-state index contributed by atoms with van der Waals surface area (Å²) in [5.41, 5.74) is 7.78. The van der Waals surface area contributed by atoms with Crippen LogP contribution in [0.2, 0.25) is 0 Å². The lowest BCUT2D eigenvalue weighted by atomic mass is 9.99. The van der Waals surface area contributed by atoms with Crippen LogP contribution in [0.1, 0.15) is 30.7 Å². The van der Waals surface area contributed by atoms with Crippen LogP contribution in [0.15, 0.2) is 54.7 Å². The third kappa shape index (κ3) is 2.01. The van der Waals surface area contributed by atoms with Crippen molar-refractivity contribution < 1.29 is 0 Å². The number of rotatable bonds is 1. The summed E-state index contributed by atoms with van der Waals surface area (Å²) in [5, 5.41) is 1.33. The molecule has 0 spiro atoms. The third-order valence-corrected chi connectivity index (χ3v) is 4.33. The Kier molecular flexibility index (Phi) is 3.42. The molecule has 0 radical (unpaired) electrons. The minimum absolute atomic E-state index is 0.912. The van der Waals surface area contributed by atoms with E-state index in [0.717, 1.165) is 6.54 Å². The van der Waals surface area contributed by atoms with Crippen molar-refractivity contribution in [3.63, 3.8) is 0 Å². The molecule has 0 amide bonds. The molecule has 0 N–H and O–H groups in total. The second kappa shape index (κ2) is 5.25. The fourth-order valence-corrected chi connectivity index (χ4v) is 3.27. The van der Waals surface area contributed by atoms with Gasteiger partial charge in [-0.3, -0.25) is 0 Å². The van der Waals surface area contributed by atoms with Gasteiger partial charge in [0.05, 0.1) is 5.69 Å². The summed E-state index contributed by atoms with van der Waals surface area (Å²) in [6, 6.07) is 6.60. The van der Waals surface area contributed by atoms with Gasteiger partial charge in [-0.1, -0.05) is 49.1 Å². The Morgan fingerprint density at radius 2 is 2.00 bits per heavy atom. The van der Waals surface area contributed by atoms with Crippen molar-refractivity contribution in [2.75, 3.05) is 0 Å². The maximum atomic E-state index is 3.89. The predicted octanol–water partition coefficient (Wildman–Crippen LogP) is 5.51. The Hall–Kier alpha value is -2.28. The molecular formula is C20H21N. The van der Waals surface area contributed by atoms with Crippen LogP contribution in [-0.2, 0) is 6.54 Å². The van der Waals surface area contributed by atoms with Crippen molar-refractivity contribution in [3.05, 3.63) is 71.5 Å². The van der Waals surface area contributed by atoms with E-state index in [1.165, 1.54) is 38.9 Å². The first-order chi connectivity index (χ1) is 10.2. The molecule has 0 fully saturated rings. The molecule has 21 heavy (non-hydrogen) atoms. The summed E-state index contributed by atoms with van der Waals surface area (Å²) in [5.74, 6) is 0. The lowest BCUT2D eigenvalue weighted by molar-refractivity contribution is 0.851. The van der Waals surface area contributed by atoms with Gasteiger partial charge in [0.25, 0.3) is 0 Å². The van der Waals surface area contributed by atoms with Gasteiger partial charge < -0.3 is 4.57 Å². The summed E-state index contributed by atoms with van der Waals surface area (Å²) < 4.78 is 2.42. The summed E-state index contributed by atoms with van der Waals surface area (Å²) in [4.78, 5) is 0. The van der Waals surface area contributed by atoms with Gasteiger partial charge in [-0.05, 0) is 43.5 Å². The molecule has 0 aliphatic carbocycles. The number of aromatic nitrogens is 1. The molecule has 0 unspecified atom stereocenters. The minimum Gasteiger partial charge on any atom is -0.336 e. The first kappa shape index (κ1) is 13.7. The molecule has 1 nitrogen and oxygen atoms in total. The van der Waals surface area contributed by atoms with Crippen LogP contribution in [0.3, 0.4) is 0 Å². The first-order valence-electron chi connectivity index (χ1n) is 7.46. The Morgan fingerprint density at radius 3 is 2.67 bits per heavy atom. The van der Waals surface area contributed by atoms with Crippen molar-refractivity contribution in [2.45, 2.75) is 27.3 Å². The van der Waals surface area contributed by atoms with E-state index < -0.39 is 0 Å². The summed E-state index contributed by atoms with van der Waals surface area (Å²) in [7, 11) is 0. The standard InChI is InChI=1S/C20H21N/c1-5-15-10-11-18-14(4)20-17(7-3)16(6-2)9-8-12-21(20)19(18)13-15/h5-11,13H,1,12H2,2-4H3/b16-6-,17-7+. The molecule has 0 saturated heterocycles. The van der Waals surface area contributed by atoms with Crippen molar-refractivity contribution in [1.29, 1.82) is 0 Å². The van der Waals surface area contributed by atoms with Crippen molar-refractivity contribution >= 4 is 22.6 Å². The molecule has 1 heteroatoms. The molecule has 0 atom stereocenters. The van der Waals surface area contributed by atoms with E-state index in [9.17, 15) is 0 Å². The quantitative estimate of drug-likeness (QED) is 0.646. The van der Waals surface area contributed by atoms with Gasteiger partial charge in [-0.2, -0.15) is 0 Å². The fourth-order valence-electron chi connectivity index (χ4n) is 3.27. The van der Waals surface area contributed by atoms with E-state index in [0.29, 0.717) is 0 Å². The number of allylic oxidation sites excluding steroid dienone is 6. The zero-order chi connectivity index (χ0) is 15.0. The van der Waals surface area contributed by atoms with Gasteiger partial charge in [-0.25, -0.2) is 0 Å². The normalized spacial score (nSPS) is 18.2. The summed E-state index contributed by atoms with van der Waals surface area (Å²) in [6.45, 7) is 11.2. The number of fused-ring (bicyclic) bond motifs is 3. The van der Waals surface area contributed by atoms with Crippen LogP contribution in [0.5, 0.6) is 0 Å². The van der Waals surface area contributed by atoms with Gasteiger partial charge in [0, 0.05) is 23.0 Å². The molecule has 3 rings (SSSR count). The lowest BCUT2D eigenvalue weighted by Gasteiger charge is -2.11. The average Bonchev–Trinajstić information content (AvgIpc) is 2.69. The van der Waals surface area contributed by atoms with Crippen LogP contribution < -0.4 is 0 Å². The number of hydrogen-bond acceptors (Lipinski definition) is 0. The second-order valence-corrected chi connectivity index (χ2v) is 5.41. The molecule has 106 valence electrons. The van der Waals surface area contributed by atoms with E-state index in [1.54, 1.807) is 0 Å². The Labute approximate surface area is 126 Å². The topological polar surface area (TPSA) is 4.93 Å². The van der Waals surface area contributed by atoms with Crippen LogP contribution in [-0.4, -0.2) is 4.57 Å². The van der Waals surface area contributed by atoms with E-state index in [1.807, 2.05) is 6.08 Å². The lowest BCUT2D eigenvalue weighted by Crippen LogP contribution is -2.00. The number of aryl methyl sites for hydroxylation is 1. The molecular weight excluding hydrogens is 254 g/mol. The number of benzene rings is 1. The maximum absolute atomic E-state index is 3.89. The highest BCUT2D eigenvalue weighted by Crippen LogP contribution is 2.36. The Bertz CT molecular complexity index is 810. The SMILES string of the molecule is C=Cc1ccc2c(C)c3n(c2c1)CC=CC(=C/C)/C3=C\C. The average molecular weight is 275 g/mol. The minimum atomic E-state index is 0.912.